The standard InChI is InChI=1S/C10H17NO4/c1-3-6-15-7-4-5-9(12)11-8(2)10(13)14/h3,8H,1,4-7H2,2H3,(H,11,12)(H,13,14)/t8-/m1/s1. The molecule has 0 aliphatic carbocycles. The van der Waals surface area contributed by atoms with Crippen LogP contribution in [0.2, 0.25) is 0 Å². The van der Waals surface area contributed by atoms with Gasteiger partial charge in [-0.15, -0.1) is 6.58 Å². The quantitative estimate of drug-likeness (QED) is 0.458. The molecule has 0 bridgehead atoms. The van der Waals surface area contributed by atoms with Gasteiger partial charge in [0.2, 0.25) is 5.91 Å². The van der Waals surface area contributed by atoms with Crippen LogP contribution in [-0.2, 0) is 14.3 Å². The first-order valence-corrected chi connectivity index (χ1v) is 4.78. The van der Waals surface area contributed by atoms with Gasteiger partial charge in [-0.2, -0.15) is 0 Å². The van der Waals surface area contributed by atoms with Crippen molar-refractivity contribution in [2.24, 2.45) is 0 Å². The van der Waals surface area contributed by atoms with Gasteiger partial charge >= 0.3 is 5.97 Å². The molecule has 0 heterocycles. The number of carbonyl (C=O) groups is 2. The number of ether oxygens (including phenoxy) is 1. The molecule has 0 aromatic heterocycles. The lowest BCUT2D eigenvalue weighted by Gasteiger charge is -2.08. The maximum absolute atomic E-state index is 11.1. The van der Waals surface area contributed by atoms with E-state index in [1.165, 1.54) is 6.92 Å². The van der Waals surface area contributed by atoms with Gasteiger partial charge in [0.1, 0.15) is 6.04 Å². The number of amides is 1. The second kappa shape index (κ2) is 7.99. The number of hydrogen-bond donors (Lipinski definition) is 2. The van der Waals surface area contributed by atoms with E-state index in [0.717, 1.165) is 0 Å². The Balaban J connectivity index is 3.49. The van der Waals surface area contributed by atoms with Crippen molar-refractivity contribution in [3.8, 4) is 0 Å². The van der Waals surface area contributed by atoms with E-state index in [9.17, 15) is 9.59 Å². The third kappa shape index (κ3) is 7.69. The van der Waals surface area contributed by atoms with E-state index in [4.69, 9.17) is 9.84 Å². The van der Waals surface area contributed by atoms with E-state index in [1.807, 2.05) is 0 Å². The number of aliphatic carboxylic acids is 1. The van der Waals surface area contributed by atoms with Crippen molar-refractivity contribution in [3.63, 3.8) is 0 Å². The fourth-order valence-electron chi connectivity index (χ4n) is 0.877. The molecule has 0 radical (unpaired) electrons. The summed E-state index contributed by atoms with van der Waals surface area (Å²) >= 11 is 0. The molecule has 0 saturated carbocycles. The lowest BCUT2D eigenvalue weighted by molar-refractivity contribution is -0.141. The molecule has 15 heavy (non-hydrogen) atoms. The molecule has 86 valence electrons. The Morgan fingerprint density at radius 2 is 2.27 bits per heavy atom. The lowest BCUT2D eigenvalue weighted by atomic mass is 10.2. The first-order chi connectivity index (χ1) is 7.07. The van der Waals surface area contributed by atoms with Gasteiger partial charge in [0.15, 0.2) is 0 Å². The zero-order valence-corrected chi connectivity index (χ0v) is 8.86. The van der Waals surface area contributed by atoms with Crippen LogP contribution in [0.5, 0.6) is 0 Å². The SMILES string of the molecule is C=CCOCCCC(=O)N[C@H](C)C(=O)O. The summed E-state index contributed by atoms with van der Waals surface area (Å²) in [6, 6.07) is -0.841. The summed E-state index contributed by atoms with van der Waals surface area (Å²) in [5, 5.41) is 10.9. The van der Waals surface area contributed by atoms with Gasteiger partial charge in [-0.1, -0.05) is 6.08 Å². The predicted octanol–water partition coefficient (Wildman–Crippen LogP) is 0.558. The van der Waals surface area contributed by atoms with E-state index >= 15 is 0 Å². The zero-order chi connectivity index (χ0) is 11.7. The normalized spacial score (nSPS) is 11.8. The monoisotopic (exact) mass is 215 g/mol. The molecule has 5 heteroatoms. The number of hydrogen-bond acceptors (Lipinski definition) is 3. The number of carbonyl (C=O) groups excluding carboxylic acids is 1. The van der Waals surface area contributed by atoms with Gasteiger partial charge in [0.25, 0.3) is 0 Å². The van der Waals surface area contributed by atoms with E-state index in [1.54, 1.807) is 6.08 Å². The minimum absolute atomic E-state index is 0.271. The first-order valence-electron chi connectivity index (χ1n) is 4.78. The van der Waals surface area contributed by atoms with E-state index < -0.39 is 12.0 Å². The third-order valence-electron chi connectivity index (χ3n) is 1.68. The second-order valence-electron chi connectivity index (χ2n) is 3.09. The average Bonchev–Trinajstić information content (AvgIpc) is 2.17. The van der Waals surface area contributed by atoms with Crippen LogP contribution in [0.3, 0.4) is 0 Å². The highest BCUT2D eigenvalue weighted by molar-refractivity contribution is 5.83. The van der Waals surface area contributed by atoms with Crippen LogP contribution >= 0.6 is 0 Å². The summed E-state index contributed by atoms with van der Waals surface area (Å²) in [6.45, 7) is 5.85. The van der Waals surface area contributed by atoms with E-state index in [2.05, 4.69) is 11.9 Å². The van der Waals surface area contributed by atoms with E-state index in [0.29, 0.717) is 19.6 Å². The van der Waals surface area contributed by atoms with Gasteiger partial charge in [-0.25, -0.2) is 0 Å². The molecule has 0 aromatic rings. The Morgan fingerprint density at radius 3 is 2.80 bits per heavy atom. The summed E-state index contributed by atoms with van der Waals surface area (Å²) < 4.78 is 5.07. The lowest BCUT2D eigenvalue weighted by Crippen LogP contribution is -2.38. The summed E-state index contributed by atoms with van der Waals surface area (Å²) in [7, 11) is 0. The second-order valence-corrected chi connectivity index (χ2v) is 3.09. The highest BCUT2D eigenvalue weighted by atomic mass is 16.5. The molecule has 0 spiro atoms. The van der Waals surface area contributed by atoms with Gasteiger partial charge in [0, 0.05) is 13.0 Å². The Kier molecular flexibility index (Phi) is 7.27. The molecule has 0 aromatic carbocycles. The fraction of sp³-hybridized carbons (Fsp3) is 0.600. The van der Waals surface area contributed by atoms with Crippen molar-refractivity contribution < 1.29 is 19.4 Å². The third-order valence-corrected chi connectivity index (χ3v) is 1.68. The minimum Gasteiger partial charge on any atom is -0.480 e. The maximum atomic E-state index is 11.1. The molecule has 2 N–H and O–H groups in total. The molecule has 0 saturated heterocycles. The number of rotatable bonds is 8. The van der Waals surface area contributed by atoms with E-state index in [-0.39, 0.29) is 12.3 Å². The smallest absolute Gasteiger partial charge is 0.325 e. The van der Waals surface area contributed by atoms with Crippen molar-refractivity contribution in [2.75, 3.05) is 13.2 Å². The number of nitrogens with one attached hydrogen (secondary N) is 1. The molecule has 0 aliphatic heterocycles. The maximum Gasteiger partial charge on any atom is 0.325 e. The summed E-state index contributed by atoms with van der Waals surface area (Å²) in [6.07, 6.45) is 2.48. The average molecular weight is 215 g/mol. The molecular weight excluding hydrogens is 198 g/mol. The van der Waals surface area contributed by atoms with Crippen LogP contribution in [0, 0.1) is 0 Å². The van der Waals surface area contributed by atoms with Crippen molar-refractivity contribution in [1.29, 1.82) is 0 Å². The van der Waals surface area contributed by atoms with Crippen molar-refractivity contribution in [2.45, 2.75) is 25.8 Å². The fourth-order valence-corrected chi connectivity index (χ4v) is 0.877. The zero-order valence-electron chi connectivity index (χ0n) is 8.86. The Bertz CT molecular complexity index is 227. The first kappa shape index (κ1) is 13.6. The van der Waals surface area contributed by atoms with Crippen LogP contribution in [0.25, 0.3) is 0 Å². The van der Waals surface area contributed by atoms with Crippen molar-refractivity contribution in [1.82, 2.24) is 5.32 Å². The molecule has 0 unspecified atom stereocenters. The highest BCUT2D eigenvalue weighted by Gasteiger charge is 2.12. The van der Waals surface area contributed by atoms with Crippen LogP contribution < -0.4 is 5.32 Å². The summed E-state index contributed by atoms with van der Waals surface area (Å²) in [4.78, 5) is 21.5. The molecule has 1 atom stereocenters. The van der Waals surface area contributed by atoms with Crippen LogP contribution in [0.15, 0.2) is 12.7 Å². The van der Waals surface area contributed by atoms with Crippen LogP contribution in [0.4, 0.5) is 0 Å². The Morgan fingerprint density at radius 1 is 1.60 bits per heavy atom. The van der Waals surface area contributed by atoms with Gasteiger partial charge < -0.3 is 15.2 Å². The molecule has 1 amide bonds. The molecule has 5 nitrogen and oxygen atoms in total. The number of carboxylic acids is 1. The summed E-state index contributed by atoms with van der Waals surface area (Å²) in [5.41, 5.74) is 0. The molecule has 0 rings (SSSR count). The Hall–Kier alpha value is -1.36. The van der Waals surface area contributed by atoms with Crippen molar-refractivity contribution >= 4 is 11.9 Å². The van der Waals surface area contributed by atoms with Crippen molar-refractivity contribution in [3.05, 3.63) is 12.7 Å². The molecule has 0 fully saturated rings. The minimum atomic E-state index is -1.04. The highest BCUT2D eigenvalue weighted by Crippen LogP contribution is 1.92. The van der Waals surface area contributed by atoms with Gasteiger partial charge in [-0.3, -0.25) is 9.59 Å². The summed E-state index contributed by atoms with van der Waals surface area (Å²) in [5.74, 6) is -1.31. The van der Waals surface area contributed by atoms with Gasteiger partial charge in [0.05, 0.1) is 6.61 Å². The van der Waals surface area contributed by atoms with Crippen LogP contribution in [-0.4, -0.2) is 36.2 Å². The van der Waals surface area contributed by atoms with Crippen LogP contribution in [0.1, 0.15) is 19.8 Å². The molecular formula is C10H17NO4. The Labute approximate surface area is 89.1 Å². The largest absolute Gasteiger partial charge is 0.480 e. The molecule has 0 aliphatic rings. The predicted molar refractivity (Wildman–Crippen MR) is 55.5 cm³/mol. The van der Waals surface area contributed by atoms with Gasteiger partial charge in [-0.05, 0) is 13.3 Å². The number of carboxylic acid groups (broad SMARTS) is 1. The topological polar surface area (TPSA) is 75.6 Å².